The normalized spacial score (nSPS) is 14.5. The maximum atomic E-state index is 11.7. The van der Waals surface area contributed by atoms with Crippen molar-refractivity contribution in [3.05, 3.63) is 0 Å². The minimum atomic E-state index is -1.28. The summed E-state index contributed by atoms with van der Waals surface area (Å²) in [5, 5.41) is 13.5. The Hall–Kier alpha value is -2.16. The fourth-order valence-electron chi connectivity index (χ4n) is 1.59. The van der Waals surface area contributed by atoms with Gasteiger partial charge in [0.15, 0.2) is 0 Å². The number of hydrogen-bond acceptors (Lipinski definition) is 5. The Kier molecular flexibility index (Phi) is 8.76. The third-order valence-electron chi connectivity index (χ3n) is 3.30. The Labute approximate surface area is 128 Å². The van der Waals surface area contributed by atoms with E-state index in [1.165, 1.54) is 0 Å². The molecule has 0 heterocycles. The van der Waals surface area contributed by atoms with Gasteiger partial charge in [-0.15, -0.1) is 0 Å². The van der Waals surface area contributed by atoms with Crippen LogP contribution in [0.1, 0.15) is 33.1 Å². The Balaban J connectivity index is 4.32. The molecule has 9 heteroatoms. The summed E-state index contributed by atoms with van der Waals surface area (Å²) in [6.45, 7) is 3.32. The average Bonchev–Trinajstić information content (AvgIpc) is 2.46. The molecular weight excluding hydrogens is 292 g/mol. The number of amides is 3. The first-order chi connectivity index (χ1) is 10.2. The fourth-order valence-corrected chi connectivity index (χ4v) is 1.59. The van der Waals surface area contributed by atoms with Crippen LogP contribution in [0.2, 0.25) is 0 Å². The molecule has 126 valence electrons. The highest BCUT2D eigenvalue weighted by atomic mass is 16.4. The molecule has 9 nitrogen and oxygen atoms in total. The van der Waals surface area contributed by atoms with Gasteiger partial charge in [-0.25, -0.2) is 4.79 Å². The zero-order valence-corrected chi connectivity index (χ0v) is 12.8. The van der Waals surface area contributed by atoms with Crippen molar-refractivity contribution in [2.75, 3.05) is 6.54 Å². The lowest BCUT2D eigenvalue weighted by atomic mass is 9.99. The van der Waals surface area contributed by atoms with E-state index in [0.717, 1.165) is 6.42 Å². The molecule has 22 heavy (non-hydrogen) atoms. The first-order valence-corrected chi connectivity index (χ1v) is 7.02. The summed E-state index contributed by atoms with van der Waals surface area (Å²) in [6.07, 6.45) is 0.439. The van der Waals surface area contributed by atoms with Crippen molar-refractivity contribution in [3.63, 3.8) is 0 Å². The maximum Gasteiger partial charge on any atom is 0.326 e. The Morgan fingerprint density at radius 3 is 2.27 bits per heavy atom. The van der Waals surface area contributed by atoms with E-state index in [1.807, 2.05) is 13.8 Å². The number of hydrogen-bond donors (Lipinski definition) is 5. The molecule has 7 N–H and O–H groups in total. The zero-order valence-electron chi connectivity index (χ0n) is 12.8. The van der Waals surface area contributed by atoms with Crippen molar-refractivity contribution in [1.82, 2.24) is 10.6 Å². The highest BCUT2D eigenvalue weighted by Crippen LogP contribution is 2.04. The highest BCUT2D eigenvalue weighted by Gasteiger charge is 2.22. The number of carboxylic acid groups (broad SMARTS) is 1. The first-order valence-electron chi connectivity index (χ1n) is 7.02. The van der Waals surface area contributed by atoms with Crippen molar-refractivity contribution in [1.29, 1.82) is 0 Å². The van der Waals surface area contributed by atoms with Crippen LogP contribution in [0.5, 0.6) is 0 Å². The Bertz CT molecular complexity index is 427. The van der Waals surface area contributed by atoms with Crippen molar-refractivity contribution < 1.29 is 24.3 Å². The van der Waals surface area contributed by atoms with Crippen LogP contribution in [0.15, 0.2) is 0 Å². The summed E-state index contributed by atoms with van der Waals surface area (Å²) in [5.74, 6) is -3.13. The van der Waals surface area contributed by atoms with Gasteiger partial charge in [-0.05, 0) is 12.3 Å². The van der Waals surface area contributed by atoms with Crippen LogP contribution in [0.25, 0.3) is 0 Å². The van der Waals surface area contributed by atoms with Gasteiger partial charge in [0, 0.05) is 6.42 Å². The zero-order chi connectivity index (χ0) is 17.3. The lowest BCUT2D eigenvalue weighted by molar-refractivity contribution is -0.142. The summed E-state index contributed by atoms with van der Waals surface area (Å²) in [6, 6.07) is -1.97. The molecule has 0 spiro atoms. The fraction of sp³-hybridized carbons (Fsp3) is 0.692. The van der Waals surface area contributed by atoms with Gasteiger partial charge in [0.25, 0.3) is 0 Å². The SMILES string of the molecule is CC[C@H](C)[C@H](N)C(=O)NCC(=O)N[C@@H](CCC(N)=O)C(=O)O. The van der Waals surface area contributed by atoms with E-state index < -0.39 is 35.8 Å². The Morgan fingerprint density at radius 2 is 1.82 bits per heavy atom. The van der Waals surface area contributed by atoms with E-state index in [0.29, 0.717) is 0 Å². The molecule has 3 amide bonds. The molecule has 0 aliphatic heterocycles. The predicted molar refractivity (Wildman–Crippen MR) is 78.4 cm³/mol. The second kappa shape index (κ2) is 9.72. The number of aliphatic carboxylic acids is 1. The van der Waals surface area contributed by atoms with Gasteiger partial charge in [0.05, 0.1) is 12.6 Å². The van der Waals surface area contributed by atoms with Crippen molar-refractivity contribution in [3.8, 4) is 0 Å². The molecular formula is C13H24N4O5. The molecule has 0 saturated heterocycles. The number of rotatable bonds is 10. The minimum absolute atomic E-state index is 0.0367. The van der Waals surface area contributed by atoms with Gasteiger partial charge in [-0.1, -0.05) is 20.3 Å². The molecule has 0 aromatic heterocycles. The van der Waals surface area contributed by atoms with E-state index in [4.69, 9.17) is 16.6 Å². The molecule has 3 atom stereocenters. The number of carbonyl (C=O) groups is 4. The van der Waals surface area contributed by atoms with Crippen LogP contribution in [0.4, 0.5) is 0 Å². The van der Waals surface area contributed by atoms with Crippen LogP contribution in [0.3, 0.4) is 0 Å². The van der Waals surface area contributed by atoms with Crippen LogP contribution >= 0.6 is 0 Å². The molecule has 0 aromatic rings. The Morgan fingerprint density at radius 1 is 1.23 bits per heavy atom. The summed E-state index contributed by atoms with van der Waals surface area (Å²) in [7, 11) is 0. The largest absolute Gasteiger partial charge is 0.480 e. The molecule has 0 unspecified atom stereocenters. The topological polar surface area (TPSA) is 165 Å². The number of primary amides is 1. The second-order valence-electron chi connectivity index (χ2n) is 5.09. The van der Waals surface area contributed by atoms with Gasteiger partial charge >= 0.3 is 5.97 Å². The van der Waals surface area contributed by atoms with Gasteiger partial charge < -0.3 is 27.2 Å². The summed E-state index contributed by atoms with van der Waals surface area (Å²) >= 11 is 0. The molecule has 0 radical (unpaired) electrons. The van der Waals surface area contributed by atoms with Gasteiger partial charge in [-0.3, -0.25) is 14.4 Å². The van der Waals surface area contributed by atoms with Crippen LogP contribution in [-0.2, 0) is 19.2 Å². The maximum absolute atomic E-state index is 11.7. The van der Waals surface area contributed by atoms with Crippen LogP contribution in [0, 0.1) is 5.92 Å². The molecule has 0 aliphatic rings. The van der Waals surface area contributed by atoms with Gasteiger partial charge in [-0.2, -0.15) is 0 Å². The lowest BCUT2D eigenvalue weighted by Crippen LogP contribution is -2.50. The number of nitrogens with two attached hydrogens (primary N) is 2. The van der Waals surface area contributed by atoms with E-state index in [1.54, 1.807) is 0 Å². The van der Waals surface area contributed by atoms with E-state index >= 15 is 0 Å². The van der Waals surface area contributed by atoms with Crippen molar-refractivity contribution in [2.24, 2.45) is 17.4 Å². The van der Waals surface area contributed by atoms with Crippen LogP contribution < -0.4 is 22.1 Å². The number of carbonyl (C=O) groups excluding carboxylic acids is 3. The van der Waals surface area contributed by atoms with Crippen molar-refractivity contribution in [2.45, 2.75) is 45.2 Å². The standard InChI is InChI=1S/C13H24N4O5/c1-3-7(2)11(15)12(20)16-6-10(19)17-8(13(21)22)4-5-9(14)18/h7-8,11H,3-6,15H2,1-2H3,(H2,14,18)(H,16,20)(H,17,19)(H,21,22)/t7-,8-,11-/m0/s1. The molecule has 0 aliphatic carbocycles. The van der Waals surface area contributed by atoms with E-state index in [2.05, 4.69) is 10.6 Å². The molecule has 0 rings (SSSR count). The second-order valence-corrected chi connectivity index (χ2v) is 5.09. The molecule has 0 bridgehead atoms. The molecule has 0 fully saturated rings. The van der Waals surface area contributed by atoms with E-state index in [-0.39, 0.29) is 25.3 Å². The highest BCUT2D eigenvalue weighted by molar-refractivity contribution is 5.89. The number of nitrogens with one attached hydrogen (secondary N) is 2. The van der Waals surface area contributed by atoms with Gasteiger partial charge in [0.2, 0.25) is 17.7 Å². The summed E-state index contributed by atoms with van der Waals surface area (Å²) in [5.41, 5.74) is 10.6. The monoisotopic (exact) mass is 316 g/mol. The summed E-state index contributed by atoms with van der Waals surface area (Å²) < 4.78 is 0. The quantitative estimate of drug-likeness (QED) is 0.322. The lowest BCUT2D eigenvalue weighted by Gasteiger charge is -2.18. The number of carboxylic acids is 1. The predicted octanol–water partition coefficient (Wildman–Crippen LogP) is -1.69. The minimum Gasteiger partial charge on any atom is -0.480 e. The van der Waals surface area contributed by atoms with E-state index in [9.17, 15) is 19.2 Å². The van der Waals surface area contributed by atoms with Crippen LogP contribution in [-0.4, -0.2) is 47.4 Å². The first kappa shape index (κ1) is 19.8. The van der Waals surface area contributed by atoms with Gasteiger partial charge in [0.1, 0.15) is 6.04 Å². The average molecular weight is 316 g/mol. The third-order valence-corrected chi connectivity index (χ3v) is 3.30. The molecule has 0 aromatic carbocycles. The van der Waals surface area contributed by atoms with Crippen molar-refractivity contribution >= 4 is 23.7 Å². The smallest absolute Gasteiger partial charge is 0.326 e. The summed E-state index contributed by atoms with van der Waals surface area (Å²) in [4.78, 5) is 44.9. The third kappa shape index (κ3) is 7.58. The molecule has 0 saturated carbocycles.